The molecule has 1 amide bonds. The number of piperidine rings is 1. The highest BCUT2D eigenvalue weighted by Gasteiger charge is 2.14. The van der Waals surface area contributed by atoms with Crippen LogP contribution in [0.2, 0.25) is 0 Å². The van der Waals surface area contributed by atoms with Crippen LogP contribution in [0.25, 0.3) is 0 Å². The molecule has 2 N–H and O–H groups in total. The van der Waals surface area contributed by atoms with E-state index < -0.39 is 0 Å². The van der Waals surface area contributed by atoms with E-state index in [1.165, 1.54) is 12.8 Å². The first-order chi connectivity index (χ1) is 9.15. The lowest BCUT2D eigenvalue weighted by molar-refractivity contribution is -0.121. The highest BCUT2D eigenvalue weighted by atomic mass is 16.1. The lowest BCUT2D eigenvalue weighted by atomic mass is 9.93. The van der Waals surface area contributed by atoms with Crippen LogP contribution in [0.3, 0.4) is 0 Å². The SMILES string of the molecule is Cc1nn(C)cc1CNC(=O)CCC1CCNCC1. The van der Waals surface area contributed by atoms with Crippen molar-refractivity contribution in [3.05, 3.63) is 17.5 Å². The molecule has 0 bridgehead atoms. The zero-order valence-corrected chi connectivity index (χ0v) is 11.9. The zero-order valence-electron chi connectivity index (χ0n) is 11.9. The Bertz CT molecular complexity index is 421. The molecule has 1 saturated heterocycles. The minimum atomic E-state index is 0.154. The fourth-order valence-corrected chi connectivity index (χ4v) is 2.61. The predicted octanol–water partition coefficient (Wildman–Crippen LogP) is 1.12. The lowest BCUT2D eigenvalue weighted by Gasteiger charge is -2.22. The summed E-state index contributed by atoms with van der Waals surface area (Å²) in [5.41, 5.74) is 2.08. The monoisotopic (exact) mass is 264 g/mol. The zero-order chi connectivity index (χ0) is 13.7. The average molecular weight is 264 g/mol. The summed E-state index contributed by atoms with van der Waals surface area (Å²) in [6.07, 6.45) is 6.02. The molecule has 5 nitrogen and oxygen atoms in total. The number of aryl methyl sites for hydroxylation is 2. The van der Waals surface area contributed by atoms with Crippen molar-refractivity contribution in [1.29, 1.82) is 0 Å². The quantitative estimate of drug-likeness (QED) is 0.838. The Morgan fingerprint density at radius 3 is 2.89 bits per heavy atom. The third-order valence-electron chi connectivity index (χ3n) is 3.83. The number of carbonyl (C=O) groups excluding carboxylic acids is 1. The van der Waals surface area contributed by atoms with Crippen molar-refractivity contribution in [3.63, 3.8) is 0 Å². The number of nitrogens with one attached hydrogen (secondary N) is 2. The molecule has 0 unspecified atom stereocenters. The summed E-state index contributed by atoms with van der Waals surface area (Å²) >= 11 is 0. The second-order valence-electron chi connectivity index (χ2n) is 5.42. The summed E-state index contributed by atoms with van der Waals surface area (Å²) in [4.78, 5) is 11.8. The van der Waals surface area contributed by atoms with Crippen molar-refractivity contribution in [1.82, 2.24) is 20.4 Å². The Morgan fingerprint density at radius 2 is 2.26 bits per heavy atom. The number of aromatic nitrogens is 2. The van der Waals surface area contributed by atoms with Crippen LogP contribution >= 0.6 is 0 Å². The molecular weight excluding hydrogens is 240 g/mol. The molecule has 106 valence electrons. The molecule has 0 aliphatic carbocycles. The summed E-state index contributed by atoms with van der Waals surface area (Å²) in [5, 5.41) is 10.6. The Labute approximate surface area is 114 Å². The highest BCUT2D eigenvalue weighted by molar-refractivity contribution is 5.75. The molecular formula is C14H24N4O. The van der Waals surface area contributed by atoms with E-state index in [1.54, 1.807) is 4.68 Å². The van der Waals surface area contributed by atoms with Gasteiger partial charge in [-0.3, -0.25) is 9.48 Å². The first-order valence-corrected chi connectivity index (χ1v) is 7.11. The first-order valence-electron chi connectivity index (χ1n) is 7.11. The van der Waals surface area contributed by atoms with Crippen molar-refractivity contribution in [2.24, 2.45) is 13.0 Å². The molecule has 19 heavy (non-hydrogen) atoms. The van der Waals surface area contributed by atoms with Gasteiger partial charge in [0.25, 0.3) is 0 Å². The van der Waals surface area contributed by atoms with Gasteiger partial charge < -0.3 is 10.6 Å². The summed E-state index contributed by atoms with van der Waals surface area (Å²) in [6, 6.07) is 0. The summed E-state index contributed by atoms with van der Waals surface area (Å²) < 4.78 is 1.78. The van der Waals surface area contributed by atoms with Crippen LogP contribution in [0.5, 0.6) is 0 Å². The molecule has 2 heterocycles. The largest absolute Gasteiger partial charge is 0.352 e. The summed E-state index contributed by atoms with van der Waals surface area (Å²) in [7, 11) is 1.90. The molecule has 0 saturated carbocycles. The van der Waals surface area contributed by atoms with Crippen LogP contribution < -0.4 is 10.6 Å². The maximum atomic E-state index is 11.8. The van der Waals surface area contributed by atoms with E-state index in [2.05, 4.69) is 15.7 Å². The molecule has 1 fully saturated rings. The van der Waals surface area contributed by atoms with Crippen molar-refractivity contribution in [2.75, 3.05) is 13.1 Å². The van der Waals surface area contributed by atoms with Gasteiger partial charge in [-0.15, -0.1) is 0 Å². The van der Waals surface area contributed by atoms with Crippen LogP contribution in [0.15, 0.2) is 6.20 Å². The van der Waals surface area contributed by atoms with Gasteiger partial charge in [0, 0.05) is 31.8 Å². The maximum Gasteiger partial charge on any atom is 0.220 e. The van der Waals surface area contributed by atoms with Crippen LogP contribution in [-0.2, 0) is 18.4 Å². The first kappa shape index (κ1) is 14.1. The van der Waals surface area contributed by atoms with Gasteiger partial charge in [0.2, 0.25) is 5.91 Å². The normalized spacial score (nSPS) is 16.5. The Hall–Kier alpha value is -1.36. The van der Waals surface area contributed by atoms with Crippen molar-refractivity contribution >= 4 is 5.91 Å². The fraction of sp³-hybridized carbons (Fsp3) is 0.714. The minimum absolute atomic E-state index is 0.154. The average Bonchev–Trinajstić information content (AvgIpc) is 2.73. The molecule has 0 aromatic carbocycles. The van der Waals surface area contributed by atoms with Crippen molar-refractivity contribution in [3.8, 4) is 0 Å². The van der Waals surface area contributed by atoms with Gasteiger partial charge in [0.15, 0.2) is 0 Å². The number of carbonyl (C=O) groups is 1. The van der Waals surface area contributed by atoms with Crippen molar-refractivity contribution in [2.45, 2.75) is 39.2 Å². The molecule has 1 aromatic heterocycles. The van der Waals surface area contributed by atoms with E-state index in [0.717, 1.165) is 30.8 Å². The van der Waals surface area contributed by atoms with E-state index in [1.807, 2.05) is 20.2 Å². The molecule has 1 aromatic rings. The molecule has 0 spiro atoms. The number of amides is 1. The van der Waals surface area contributed by atoms with Gasteiger partial charge in [-0.05, 0) is 45.2 Å². The Morgan fingerprint density at radius 1 is 1.53 bits per heavy atom. The standard InChI is InChI=1S/C14H24N4O/c1-11-13(10-18(2)17-11)9-16-14(19)4-3-12-5-7-15-8-6-12/h10,12,15H,3-9H2,1-2H3,(H,16,19). The number of hydrogen-bond acceptors (Lipinski definition) is 3. The van der Waals surface area contributed by atoms with Crippen molar-refractivity contribution < 1.29 is 4.79 Å². The van der Waals surface area contributed by atoms with E-state index in [9.17, 15) is 4.79 Å². The van der Waals surface area contributed by atoms with Crippen LogP contribution in [0, 0.1) is 12.8 Å². The van der Waals surface area contributed by atoms with E-state index in [4.69, 9.17) is 0 Å². The molecule has 5 heteroatoms. The third kappa shape index (κ3) is 4.35. The maximum absolute atomic E-state index is 11.8. The molecule has 0 radical (unpaired) electrons. The Kier molecular flexibility index (Phi) is 4.96. The lowest BCUT2D eigenvalue weighted by Crippen LogP contribution is -2.29. The Balaban J connectivity index is 1.68. The minimum Gasteiger partial charge on any atom is -0.352 e. The summed E-state index contributed by atoms with van der Waals surface area (Å²) in [5.74, 6) is 0.869. The number of hydrogen-bond donors (Lipinski definition) is 2. The van der Waals surface area contributed by atoms with Crippen LogP contribution in [0.4, 0.5) is 0 Å². The van der Waals surface area contributed by atoms with E-state index in [-0.39, 0.29) is 5.91 Å². The molecule has 0 atom stereocenters. The second kappa shape index (κ2) is 6.70. The van der Waals surface area contributed by atoms with Gasteiger partial charge in [-0.2, -0.15) is 5.10 Å². The molecule has 1 aliphatic rings. The number of nitrogens with zero attached hydrogens (tertiary/aromatic N) is 2. The molecule has 2 rings (SSSR count). The second-order valence-corrected chi connectivity index (χ2v) is 5.42. The summed E-state index contributed by atoms with van der Waals surface area (Å²) in [6.45, 7) is 4.75. The topological polar surface area (TPSA) is 59.0 Å². The van der Waals surface area contributed by atoms with Crippen LogP contribution in [-0.4, -0.2) is 28.8 Å². The van der Waals surface area contributed by atoms with Gasteiger partial charge in [0.1, 0.15) is 0 Å². The smallest absolute Gasteiger partial charge is 0.220 e. The predicted molar refractivity (Wildman–Crippen MR) is 74.6 cm³/mol. The third-order valence-corrected chi connectivity index (χ3v) is 3.83. The van der Waals surface area contributed by atoms with Gasteiger partial charge in [-0.25, -0.2) is 0 Å². The van der Waals surface area contributed by atoms with Gasteiger partial charge >= 0.3 is 0 Å². The van der Waals surface area contributed by atoms with E-state index >= 15 is 0 Å². The van der Waals surface area contributed by atoms with E-state index in [0.29, 0.717) is 18.9 Å². The number of rotatable bonds is 5. The highest BCUT2D eigenvalue weighted by Crippen LogP contribution is 2.17. The molecule has 1 aliphatic heterocycles. The van der Waals surface area contributed by atoms with Gasteiger partial charge in [-0.1, -0.05) is 0 Å². The fourth-order valence-electron chi connectivity index (χ4n) is 2.61. The van der Waals surface area contributed by atoms with Gasteiger partial charge in [0.05, 0.1) is 5.69 Å². The van der Waals surface area contributed by atoms with Crippen LogP contribution in [0.1, 0.15) is 36.9 Å².